The predicted octanol–water partition coefficient (Wildman–Crippen LogP) is 1.15. The van der Waals surface area contributed by atoms with Crippen molar-refractivity contribution >= 4 is 5.91 Å². The van der Waals surface area contributed by atoms with Gasteiger partial charge < -0.3 is 15.8 Å². The molecular weight excluding hydrogens is 346 g/mol. The Kier molecular flexibility index (Phi) is 5.94. The Morgan fingerprint density at radius 1 is 1.37 bits per heavy atom. The number of aromatic amines is 1. The van der Waals surface area contributed by atoms with E-state index in [1.807, 2.05) is 43.3 Å². The lowest BCUT2D eigenvalue weighted by Gasteiger charge is -2.08. The van der Waals surface area contributed by atoms with Gasteiger partial charge in [-0.1, -0.05) is 30.3 Å². The second kappa shape index (κ2) is 8.56. The molecule has 27 heavy (non-hydrogen) atoms. The number of methoxy groups -OCH3 is 1. The zero-order valence-corrected chi connectivity index (χ0v) is 15.3. The Balaban J connectivity index is 1.66. The summed E-state index contributed by atoms with van der Waals surface area (Å²) in [7, 11) is 1.61. The van der Waals surface area contributed by atoms with Crippen molar-refractivity contribution in [3.63, 3.8) is 0 Å². The van der Waals surface area contributed by atoms with E-state index >= 15 is 0 Å². The fourth-order valence-corrected chi connectivity index (χ4v) is 2.62. The number of ether oxygens (including phenoxy) is 1. The zero-order valence-electron chi connectivity index (χ0n) is 15.3. The third kappa shape index (κ3) is 4.78. The molecule has 0 aliphatic rings. The molecule has 0 bridgehead atoms. The quantitative estimate of drug-likeness (QED) is 0.547. The van der Waals surface area contributed by atoms with Crippen LogP contribution >= 0.6 is 0 Å². The molecule has 4 N–H and O–H groups in total. The van der Waals surface area contributed by atoms with Crippen molar-refractivity contribution in [2.45, 2.75) is 32.7 Å². The Hall–Kier alpha value is -3.04. The second-order valence-corrected chi connectivity index (χ2v) is 6.20. The molecule has 9 nitrogen and oxygen atoms in total. The maximum atomic E-state index is 12.3. The van der Waals surface area contributed by atoms with Crippen LogP contribution in [0.4, 0.5) is 0 Å². The Labute approximate surface area is 156 Å². The molecule has 2 aromatic heterocycles. The molecule has 0 radical (unpaired) electrons. The number of benzene rings is 1. The highest BCUT2D eigenvalue weighted by Gasteiger charge is 2.17. The van der Waals surface area contributed by atoms with E-state index in [9.17, 15) is 4.79 Å². The van der Waals surface area contributed by atoms with E-state index < -0.39 is 0 Å². The van der Waals surface area contributed by atoms with Crippen molar-refractivity contribution in [3.8, 4) is 11.4 Å². The molecule has 142 valence electrons. The number of nitrogens with one attached hydrogen (secondary N) is 2. The molecule has 0 aliphatic carbocycles. The molecule has 1 aromatic carbocycles. The van der Waals surface area contributed by atoms with Crippen molar-refractivity contribution in [1.29, 1.82) is 0 Å². The van der Waals surface area contributed by atoms with E-state index in [1.165, 1.54) is 0 Å². The molecule has 9 heteroatoms. The number of hydrogen-bond donors (Lipinski definition) is 3. The SMILES string of the molecule is COCc1cc(CNC(=O)Cn2nc(-c3ccccc3)nc2[C@H](C)N)[nH]n1. The maximum absolute atomic E-state index is 12.3. The summed E-state index contributed by atoms with van der Waals surface area (Å²) < 4.78 is 6.57. The minimum Gasteiger partial charge on any atom is -0.378 e. The predicted molar refractivity (Wildman–Crippen MR) is 99.2 cm³/mol. The highest BCUT2D eigenvalue weighted by molar-refractivity contribution is 5.75. The number of amides is 1. The van der Waals surface area contributed by atoms with Gasteiger partial charge in [0.2, 0.25) is 5.91 Å². The highest BCUT2D eigenvalue weighted by atomic mass is 16.5. The summed E-state index contributed by atoms with van der Waals surface area (Å²) in [6, 6.07) is 11.1. The molecule has 0 fully saturated rings. The molecule has 1 amide bonds. The molecule has 2 heterocycles. The van der Waals surface area contributed by atoms with E-state index in [0.717, 1.165) is 17.0 Å². The van der Waals surface area contributed by atoms with Gasteiger partial charge in [-0.25, -0.2) is 9.67 Å². The van der Waals surface area contributed by atoms with Crippen LogP contribution in [-0.4, -0.2) is 38.0 Å². The number of aromatic nitrogens is 5. The minimum absolute atomic E-state index is 0.0375. The second-order valence-electron chi connectivity index (χ2n) is 6.20. The third-order valence-electron chi connectivity index (χ3n) is 3.89. The fraction of sp³-hybridized carbons (Fsp3) is 0.333. The summed E-state index contributed by atoms with van der Waals surface area (Å²) in [5.74, 6) is 0.922. The molecule has 0 saturated heterocycles. The Morgan fingerprint density at radius 2 is 2.15 bits per heavy atom. The Morgan fingerprint density at radius 3 is 2.85 bits per heavy atom. The van der Waals surface area contributed by atoms with Crippen molar-refractivity contribution in [3.05, 3.63) is 53.6 Å². The summed E-state index contributed by atoms with van der Waals surface area (Å²) in [6.45, 7) is 2.61. The Bertz CT molecular complexity index is 886. The van der Waals surface area contributed by atoms with Crippen LogP contribution < -0.4 is 11.1 Å². The summed E-state index contributed by atoms with van der Waals surface area (Å²) in [5.41, 5.74) is 8.45. The van der Waals surface area contributed by atoms with Gasteiger partial charge in [0.1, 0.15) is 12.4 Å². The van der Waals surface area contributed by atoms with Crippen LogP contribution in [0.1, 0.15) is 30.2 Å². The average Bonchev–Trinajstić information content (AvgIpc) is 3.28. The molecule has 3 rings (SSSR count). The summed E-state index contributed by atoms with van der Waals surface area (Å²) >= 11 is 0. The largest absolute Gasteiger partial charge is 0.378 e. The van der Waals surface area contributed by atoms with Crippen LogP contribution in [0.15, 0.2) is 36.4 Å². The molecule has 1 atom stereocenters. The molecule has 0 aliphatic heterocycles. The first-order chi connectivity index (χ1) is 13.1. The van der Waals surface area contributed by atoms with Gasteiger partial charge in [-0.3, -0.25) is 9.89 Å². The standard InChI is InChI=1S/C18H23N7O2/c1-12(19)18-21-17(13-6-4-3-5-7-13)24-25(18)10-16(26)20-9-14-8-15(11-27-2)23-22-14/h3-8,12H,9-11,19H2,1-2H3,(H,20,26)(H,22,23)/t12-/m0/s1. The average molecular weight is 369 g/mol. The van der Waals surface area contributed by atoms with Crippen LogP contribution in [0.3, 0.4) is 0 Å². The van der Waals surface area contributed by atoms with Crippen LogP contribution in [0, 0.1) is 0 Å². The number of H-pyrrole nitrogens is 1. The summed E-state index contributed by atoms with van der Waals surface area (Å²) in [4.78, 5) is 16.8. The van der Waals surface area contributed by atoms with E-state index in [2.05, 4.69) is 25.6 Å². The van der Waals surface area contributed by atoms with E-state index in [0.29, 0.717) is 24.8 Å². The first-order valence-electron chi connectivity index (χ1n) is 8.61. The minimum atomic E-state index is -0.341. The van der Waals surface area contributed by atoms with Gasteiger partial charge in [0.05, 0.1) is 30.6 Å². The summed E-state index contributed by atoms with van der Waals surface area (Å²) in [5, 5.41) is 14.3. The molecule has 0 spiro atoms. The smallest absolute Gasteiger partial charge is 0.242 e. The number of hydrogen-bond acceptors (Lipinski definition) is 6. The highest BCUT2D eigenvalue weighted by Crippen LogP contribution is 2.17. The topological polar surface area (TPSA) is 124 Å². The molecule has 0 saturated carbocycles. The maximum Gasteiger partial charge on any atom is 0.242 e. The fourth-order valence-electron chi connectivity index (χ4n) is 2.62. The lowest BCUT2D eigenvalue weighted by Crippen LogP contribution is -2.29. The number of carbonyl (C=O) groups excluding carboxylic acids is 1. The van der Waals surface area contributed by atoms with Gasteiger partial charge in [-0.15, -0.1) is 0 Å². The number of nitrogens with zero attached hydrogens (tertiary/aromatic N) is 4. The molecule has 3 aromatic rings. The molecular formula is C18H23N7O2. The van der Waals surface area contributed by atoms with E-state index in [4.69, 9.17) is 10.5 Å². The summed E-state index contributed by atoms with van der Waals surface area (Å²) in [6.07, 6.45) is 0. The van der Waals surface area contributed by atoms with Crippen LogP contribution in [0.5, 0.6) is 0 Å². The lowest BCUT2D eigenvalue weighted by molar-refractivity contribution is -0.122. The van der Waals surface area contributed by atoms with Crippen molar-refractivity contribution in [1.82, 2.24) is 30.3 Å². The number of nitrogens with two attached hydrogens (primary N) is 1. The van der Waals surface area contributed by atoms with E-state index in [-0.39, 0.29) is 18.5 Å². The van der Waals surface area contributed by atoms with Crippen LogP contribution in [-0.2, 0) is 29.2 Å². The van der Waals surface area contributed by atoms with Gasteiger partial charge in [-0.05, 0) is 13.0 Å². The number of carbonyl (C=O) groups is 1. The van der Waals surface area contributed by atoms with Crippen molar-refractivity contribution < 1.29 is 9.53 Å². The third-order valence-corrected chi connectivity index (χ3v) is 3.89. The monoisotopic (exact) mass is 369 g/mol. The van der Waals surface area contributed by atoms with E-state index in [1.54, 1.807) is 11.8 Å². The van der Waals surface area contributed by atoms with Crippen molar-refractivity contribution in [2.75, 3.05) is 7.11 Å². The zero-order chi connectivity index (χ0) is 19.2. The van der Waals surface area contributed by atoms with Gasteiger partial charge in [0.25, 0.3) is 0 Å². The van der Waals surface area contributed by atoms with Crippen LogP contribution in [0.2, 0.25) is 0 Å². The van der Waals surface area contributed by atoms with Gasteiger partial charge in [0.15, 0.2) is 5.82 Å². The first-order valence-corrected chi connectivity index (χ1v) is 8.61. The van der Waals surface area contributed by atoms with Gasteiger partial charge >= 0.3 is 0 Å². The lowest BCUT2D eigenvalue weighted by atomic mass is 10.2. The number of rotatable bonds is 8. The first kappa shape index (κ1) is 18.7. The van der Waals surface area contributed by atoms with Crippen LogP contribution in [0.25, 0.3) is 11.4 Å². The van der Waals surface area contributed by atoms with Gasteiger partial charge in [-0.2, -0.15) is 10.2 Å². The van der Waals surface area contributed by atoms with Crippen molar-refractivity contribution in [2.24, 2.45) is 5.73 Å². The van der Waals surface area contributed by atoms with Gasteiger partial charge in [0, 0.05) is 12.7 Å². The molecule has 0 unspecified atom stereocenters. The normalized spacial score (nSPS) is 12.1.